The standard InChI is InChI=1S/C15H19NO2/c1-3-4-7-10-16-11-13(15(17)18-2)12-8-5-6-9-14(12)16/h5-6,8-9,11H,3-4,7,10H2,1-2H3. The number of carbonyl (C=O) groups excluding carboxylic acids is 1. The van der Waals surface area contributed by atoms with Crippen LogP contribution in [0.4, 0.5) is 0 Å². The number of benzene rings is 1. The van der Waals surface area contributed by atoms with E-state index in [0.29, 0.717) is 5.56 Å². The summed E-state index contributed by atoms with van der Waals surface area (Å²) in [6.07, 6.45) is 5.45. The molecule has 0 saturated carbocycles. The van der Waals surface area contributed by atoms with Crippen molar-refractivity contribution < 1.29 is 9.53 Å². The van der Waals surface area contributed by atoms with Gasteiger partial charge in [-0.15, -0.1) is 0 Å². The van der Waals surface area contributed by atoms with E-state index in [4.69, 9.17) is 4.74 Å². The van der Waals surface area contributed by atoms with Crippen LogP contribution >= 0.6 is 0 Å². The summed E-state index contributed by atoms with van der Waals surface area (Å²) in [6, 6.07) is 7.97. The van der Waals surface area contributed by atoms with Crippen LogP contribution in [-0.4, -0.2) is 17.6 Å². The molecule has 0 atom stereocenters. The Bertz CT molecular complexity index is 542. The maximum atomic E-state index is 11.7. The van der Waals surface area contributed by atoms with E-state index >= 15 is 0 Å². The van der Waals surface area contributed by atoms with E-state index in [-0.39, 0.29) is 5.97 Å². The molecule has 0 saturated heterocycles. The van der Waals surface area contributed by atoms with Crippen molar-refractivity contribution in [1.82, 2.24) is 4.57 Å². The number of esters is 1. The molecule has 18 heavy (non-hydrogen) atoms. The third kappa shape index (κ3) is 2.40. The molecule has 0 aliphatic heterocycles. The quantitative estimate of drug-likeness (QED) is 0.595. The minimum absolute atomic E-state index is 0.263. The molecule has 0 bridgehead atoms. The van der Waals surface area contributed by atoms with Crippen LogP contribution in [0.15, 0.2) is 30.5 Å². The molecular formula is C15H19NO2. The third-order valence-electron chi connectivity index (χ3n) is 3.20. The van der Waals surface area contributed by atoms with E-state index in [1.165, 1.54) is 20.0 Å². The number of carbonyl (C=O) groups is 1. The van der Waals surface area contributed by atoms with Crippen molar-refractivity contribution in [3.05, 3.63) is 36.0 Å². The number of methoxy groups -OCH3 is 1. The van der Waals surface area contributed by atoms with Crippen LogP contribution in [0.3, 0.4) is 0 Å². The smallest absolute Gasteiger partial charge is 0.340 e. The Morgan fingerprint density at radius 3 is 2.78 bits per heavy atom. The van der Waals surface area contributed by atoms with Crippen molar-refractivity contribution in [3.8, 4) is 0 Å². The van der Waals surface area contributed by atoms with Crippen molar-refractivity contribution in [3.63, 3.8) is 0 Å². The minimum atomic E-state index is -0.263. The summed E-state index contributed by atoms with van der Waals surface area (Å²) in [7, 11) is 1.42. The van der Waals surface area contributed by atoms with Gasteiger partial charge in [-0.2, -0.15) is 0 Å². The highest BCUT2D eigenvalue weighted by Gasteiger charge is 2.14. The SMILES string of the molecule is CCCCCn1cc(C(=O)OC)c2ccccc21. The topological polar surface area (TPSA) is 31.2 Å². The lowest BCUT2D eigenvalue weighted by Crippen LogP contribution is -2.00. The first kappa shape index (κ1) is 12.7. The Morgan fingerprint density at radius 1 is 1.28 bits per heavy atom. The minimum Gasteiger partial charge on any atom is -0.465 e. The fourth-order valence-corrected chi connectivity index (χ4v) is 2.24. The van der Waals surface area contributed by atoms with Crippen LogP contribution in [0.1, 0.15) is 36.5 Å². The van der Waals surface area contributed by atoms with Crippen molar-refractivity contribution in [1.29, 1.82) is 0 Å². The van der Waals surface area contributed by atoms with Gasteiger partial charge in [0.2, 0.25) is 0 Å². The number of hydrogen-bond acceptors (Lipinski definition) is 2. The van der Waals surface area contributed by atoms with E-state index in [1.807, 2.05) is 30.5 Å². The van der Waals surface area contributed by atoms with Gasteiger partial charge in [0.1, 0.15) is 0 Å². The summed E-state index contributed by atoms with van der Waals surface area (Å²) in [6.45, 7) is 3.14. The molecule has 3 nitrogen and oxygen atoms in total. The maximum absolute atomic E-state index is 11.7. The van der Waals surface area contributed by atoms with Gasteiger partial charge in [0, 0.05) is 23.6 Å². The summed E-state index contributed by atoms with van der Waals surface area (Å²) in [5, 5.41) is 0.973. The second-order valence-corrected chi connectivity index (χ2v) is 4.45. The predicted molar refractivity (Wildman–Crippen MR) is 72.8 cm³/mol. The van der Waals surface area contributed by atoms with Gasteiger partial charge in [-0.1, -0.05) is 38.0 Å². The number of hydrogen-bond donors (Lipinski definition) is 0. The molecule has 0 unspecified atom stereocenters. The fourth-order valence-electron chi connectivity index (χ4n) is 2.24. The summed E-state index contributed by atoms with van der Waals surface area (Å²) in [4.78, 5) is 11.7. The molecular weight excluding hydrogens is 226 g/mol. The molecule has 2 rings (SSSR count). The molecule has 0 fully saturated rings. The highest BCUT2D eigenvalue weighted by molar-refractivity contribution is 6.04. The lowest BCUT2D eigenvalue weighted by molar-refractivity contribution is 0.0602. The highest BCUT2D eigenvalue weighted by Crippen LogP contribution is 2.22. The van der Waals surface area contributed by atoms with Gasteiger partial charge < -0.3 is 9.30 Å². The average Bonchev–Trinajstić information content (AvgIpc) is 2.78. The van der Waals surface area contributed by atoms with E-state index in [0.717, 1.165) is 23.9 Å². The molecule has 0 aliphatic carbocycles. The maximum Gasteiger partial charge on any atom is 0.340 e. The molecule has 1 aromatic heterocycles. The zero-order chi connectivity index (χ0) is 13.0. The van der Waals surface area contributed by atoms with Gasteiger partial charge in [-0.05, 0) is 12.5 Å². The first-order valence-corrected chi connectivity index (χ1v) is 6.44. The molecule has 0 amide bonds. The van der Waals surface area contributed by atoms with E-state index in [9.17, 15) is 4.79 Å². The molecule has 96 valence electrons. The summed E-state index contributed by atoms with van der Waals surface area (Å²) < 4.78 is 6.98. The van der Waals surface area contributed by atoms with Gasteiger partial charge in [0.25, 0.3) is 0 Å². The number of unbranched alkanes of at least 4 members (excludes halogenated alkanes) is 2. The molecule has 3 heteroatoms. The molecule has 0 radical (unpaired) electrons. The first-order valence-electron chi connectivity index (χ1n) is 6.44. The lowest BCUT2D eigenvalue weighted by atomic mass is 10.2. The predicted octanol–water partition coefficient (Wildman–Crippen LogP) is 3.62. The van der Waals surface area contributed by atoms with Gasteiger partial charge >= 0.3 is 5.97 Å². The number of para-hydroxylation sites is 1. The summed E-state index contributed by atoms with van der Waals surface area (Å²) >= 11 is 0. The number of rotatable bonds is 5. The van der Waals surface area contributed by atoms with Crippen molar-refractivity contribution in [2.45, 2.75) is 32.7 Å². The summed E-state index contributed by atoms with van der Waals surface area (Å²) in [5.41, 5.74) is 1.76. The van der Waals surface area contributed by atoms with E-state index in [2.05, 4.69) is 11.5 Å². The number of nitrogens with zero attached hydrogens (tertiary/aromatic N) is 1. The Balaban J connectivity index is 2.38. The van der Waals surface area contributed by atoms with E-state index in [1.54, 1.807) is 0 Å². The van der Waals surface area contributed by atoms with Gasteiger partial charge in [-0.3, -0.25) is 0 Å². The monoisotopic (exact) mass is 245 g/mol. The Kier molecular flexibility index (Phi) is 4.03. The third-order valence-corrected chi connectivity index (χ3v) is 3.20. The second kappa shape index (κ2) is 5.71. The molecule has 0 spiro atoms. The molecule has 0 N–H and O–H groups in total. The van der Waals surface area contributed by atoms with Gasteiger partial charge in [0.15, 0.2) is 0 Å². The normalized spacial score (nSPS) is 10.8. The highest BCUT2D eigenvalue weighted by atomic mass is 16.5. The number of fused-ring (bicyclic) bond motifs is 1. The van der Waals surface area contributed by atoms with Crippen LogP contribution in [0, 0.1) is 0 Å². The van der Waals surface area contributed by atoms with Crippen molar-refractivity contribution in [2.24, 2.45) is 0 Å². The number of ether oxygens (including phenoxy) is 1. The molecule has 0 aliphatic rings. The van der Waals surface area contributed by atoms with Crippen LogP contribution in [-0.2, 0) is 11.3 Å². The van der Waals surface area contributed by atoms with Crippen LogP contribution in [0.5, 0.6) is 0 Å². The van der Waals surface area contributed by atoms with Crippen LogP contribution in [0.2, 0.25) is 0 Å². The zero-order valence-corrected chi connectivity index (χ0v) is 11.0. The van der Waals surface area contributed by atoms with Crippen LogP contribution < -0.4 is 0 Å². The van der Waals surface area contributed by atoms with E-state index < -0.39 is 0 Å². The lowest BCUT2D eigenvalue weighted by Gasteiger charge is -2.03. The van der Waals surface area contributed by atoms with Gasteiger partial charge in [-0.25, -0.2) is 4.79 Å². The Labute approximate surface area is 107 Å². The Hall–Kier alpha value is -1.77. The van der Waals surface area contributed by atoms with Crippen molar-refractivity contribution in [2.75, 3.05) is 7.11 Å². The molecule has 1 aromatic carbocycles. The summed E-state index contributed by atoms with van der Waals surface area (Å²) in [5.74, 6) is -0.263. The number of aromatic nitrogens is 1. The fraction of sp³-hybridized carbons (Fsp3) is 0.400. The number of aryl methyl sites for hydroxylation is 1. The van der Waals surface area contributed by atoms with Gasteiger partial charge in [0.05, 0.1) is 12.7 Å². The second-order valence-electron chi connectivity index (χ2n) is 4.45. The average molecular weight is 245 g/mol. The first-order chi connectivity index (χ1) is 8.77. The van der Waals surface area contributed by atoms with Crippen molar-refractivity contribution >= 4 is 16.9 Å². The largest absolute Gasteiger partial charge is 0.465 e. The Morgan fingerprint density at radius 2 is 2.06 bits per heavy atom. The van der Waals surface area contributed by atoms with Crippen LogP contribution in [0.25, 0.3) is 10.9 Å². The molecule has 1 heterocycles. The molecule has 2 aromatic rings. The zero-order valence-electron chi connectivity index (χ0n) is 11.0.